The quantitative estimate of drug-likeness (QED) is 0.0372. The largest absolute Gasteiger partial charge is 0.493 e. The van der Waals surface area contributed by atoms with Crippen LogP contribution in [-0.4, -0.2) is 37.8 Å². The third-order valence-corrected chi connectivity index (χ3v) is 10.5. The predicted molar refractivity (Wildman–Crippen MR) is 241 cm³/mol. The number of azo groups is 3. The molecule has 0 heterocycles. The maximum atomic E-state index is 13.1. The van der Waals surface area contributed by atoms with Gasteiger partial charge >= 0.3 is 0 Å². The van der Waals surface area contributed by atoms with Crippen LogP contribution < -0.4 is 20.5 Å². The summed E-state index contributed by atoms with van der Waals surface area (Å²) in [7, 11) is -4.17. The standard InChI is InChI=1S/C46H48N8O6S/c1-7-18-59-44-11-8-10-34-26-36(16-17-37(34)44)48-46(55)33-12-14-35(15-13-33)49-50-42-27-45(60-19-9-20-61(56,57)58)43(25-32(42)6)54-53-41-24-30(4)40(23-31(41)5)52-51-39-22-28(2)38(47)21-29(39)3/h8,10-17,21-27H,7,9,18-20,47H2,1-6H3,(H,48,55)(H,56,57,58). The number of aryl methyl sites for hydroxylation is 5. The molecule has 0 radical (unpaired) electrons. The summed E-state index contributed by atoms with van der Waals surface area (Å²) in [6.07, 6.45) is 0.949. The highest BCUT2D eigenvalue weighted by molar-refractivity contribution is 7.85. The molecular formula is C46H48N8O6S. The number of fused-ring (bicyclic) bond motifs is 1. The zero-order valence-corrected chi connectivity index (χ0v) is 35.7. The van der Waals surface area contributed by atoms with Crippen LogP contribution in [0.25, 0.3) is 10.8 Å². The van der Waals surface area contributed by atoms with Crippen LogP contribution in [0.2, 0.25) is 0 Å². The van der Waals surface area contributed by atoms with Gasteiger partial charge in [0.15, 0.2) is 0 Å². The van der Waals surface area contributed by atoms with Crippen LogP contribution in [0, 0.1) is 34.6 Å². The number of benzene rings is 6. The van der Waals surface area contributed by atoms with Gasteiger partial charge in [-0.15, -0.1) is 5.11 Å². The molecule has 0 aromatic heterocycles. The Bertz CT molecular complexity index is 2790. The molecule has 0 fully saturated rings. The van der Waals surface area contributed by atoms with Gasteiger partial charge in [0.2, 0.25) is 0 Å². The Balaban J connectivity index is 1.18. The second-order valence-electron chi connectivity index (χ2n) is 14.7. The molecule has 0 unspecified atom stereocenters. The summed E-state index contributed by atoms with van der Waals surface area (Å²) < 4.78 is 43.7. The Labute approximate surface area is 355 Å². The third kappa shape index (κ3) is 11.7. The average molecular weight is 841 g/mol. The SMILES string of the molecule is CCCOc1cccc2cc(NC(=O)c3ccc(N=Nc4cc(OCCCS(=O)(=O)O)c(N=Nc5cc(C)c(N=Nc6cc(C)c(N)cc6C)cc5C)cc4C)cc3)ccc12. The second-order valence-corrected chi connectivity index (χ2v) is 16.2. The number of nitrogens with one attached hydrogen (secondary N) is 1. The van der Waals surface area contributed by atoms with Crippen LogP contribution in [0.3, 0.4) is 0 Å². The van der Waals surface area contributed by atoms with E-state index < -0.39 is 15.9 Å². The number of anilines is 2. The summed E-state index contributed by atoms with van der Waals surface area (Å²) in [5, 5.41) is 31.7. The van der Waals surface area contributed by atoms with Gasteiger partial charge in [0, 0.05) is 28.4 Å². The molecule has 0 aliphatic heterocycles. The number of carbonyl (C=O) groups is 1. The molecule has 15 heteroatoms. The monoisotopic (exact) mass is 840 g/mol. The minimum atomic E-state index is -4.17. The van der Waals surface area contributed by atoms with E-state index in [9.17, 15) is 17.8 Å². The molecule has 0 saturated carbocycles. The van der Waals surface area contributed by atoms with Crippen molar-refractivity contribution in [2.24, 2.45) is 30.7 Å². The van der Waals surface area contributed by atoms with E-state index in [-0.39, 0.29) is 24.7 Å². The molecule has 1 amide bonds. The van der Waals surface area contributed by atoms with Crippen LogP contribution in [0.1, 0.15) is 57.9 Å². The first-order chi connectivity index (χ1) is 29.2. The lowest BCUT2D eigenvalue weighted by Gasteiger charge is -2.11. The van der Waals surface area contributed by atoms with E-state index in [1.165, 1.54) is 0 Å². The number of nitrogens with two attached hydrogens (primary N) is 1. The highest BCUT2D eigenvalue weighted by Gasteiger charge is 2.13. The smallest absolute Gasteiger partial charge is 0.264 e. The minimum Gasteiger partial charge on any atom is -0.493 e. The van der Waals surface area contributed by atoms with Gasteiger partial charge in [-0.3, -0.25) is 9.35 Å². The van der Waals surface area contributed by atoms with E-state index in [4.69, 9.17) is 15.2 Å². The zero-order valence-electron chi connectivity index (χ0n) is 34.9. The zero-order chi connectivity index (χ0) is 43.7. The molecule has 0 saturated heterocycles. The lowest BCUT2D eigenvalue weighted by molar-refractivity contribution is 0.102. The fourth-order valence-electron chi connectivity index (χ4n) is 6.20. The maximum absolute atomic E-state index is 13.1. The fourth-order valence-corrected chi connectivity index (χ4v) is 6.68. The number of ether oxygens (including phenoxy) is 2. The number of nitrogen functional groups attached to an aromatic ring is 1. The summed E-state index contributed by atoms with van der Waals surface area (Å²) in [5.41, 5.74) is 15.4. The van der Waals surface area contributed by atoms with Gasteiger partial charge in [-0.25, -0.2) is 0 Å². The van der Waals surface area contributed by atoms with E-state index in [0.717, 1.165) is 56.4 Å². The van der Waals surface area contributed by atoms with Crippen LogP contribution in [0.4, 0.5) is 45.5 Å². The van der Waals surface area contributed by atoms with E-state index in [1.54, 1.807) is 36.4 Å². The van der Waals surface area contributed by atoms with Crippen molar-refractivity contribution in [1.29, 1.82) is 0 Å². The van der Waals surface area contributed by atoms with Crippen LogP contribution >= 0.6 is 0 Å². The molecule has 6 aromatic carbocycles. The number of rotatable bonds is 16. The van der Waals surface area contributed by atoms with Crippen molar-refractivity contribution in [3.05, 3.63) is 130 Å². The first-order valence-corrected chi connectivity index (χ1v) is 21.3. The molecular weight excluding hydrogens is 793 g/mol. The van der Waals surface area contributed by atoms with Crippen molar-refractivity contribution < 1.29 is 27.2 Å². The molecule has 0 atom stereocenters. The van der Waals surface area contributed by atoms with Crippen molar-refractivity contribution in [3.8, 4) is 11.5 Å². The molecule has 14 nitrogen and oxygen atoms in total. The first kappa shape index (κ1) is 43.7. The van der Waals surface area contributed by atoms with Crippen molar-refractivity contribution >= 4 is 72.3 Å². The predicted octanol–water partition coefficient (Wildman–Crippen LogP) is 12.9. The van der Waals surface area contributed by atoms with Crippen LogP contribution in [0.5, 0.6) is 11.5 Å². The lowest BCUT2D eigenvalue weighted by atomic mass is 10.1. The van der Waals surface area contributed by atoms with Gasteiger partial charge < -0.3 is 20.5 Å². The number of nitrogens with zero attached hydrogens (tertiary/aromatic N) is 6. The molecule has 6 rings (SSSR count). The number of amides is 1. The third-order valence-electron chi connectivity index (χ3n) is 9.67. The van der Waals surface area contributed by atoms with E-state index >= 15 is 0 Å². The van der Waals surface area contributed by atoms with Gasteiger partial charge in [0.1, 0.15) is 17.2 Å². The molecule has 6 aromatic rings. The Kier molecular flexibility index (Phi) is 14.0. The molecule has 0 aliphatic carbocycles. The summed E-state index contributed by atoms with van der Waals surface area (Å²) in [6, 6.07) is 29.2. The molecule has 0 bridgehead atoms. The van der Waals surface area contributed by atoms with Crippen LogP contribution in [0.15, 0.2) is 128 Å². The van der Waals surface area contributed by atoms with Gasteiger partial charge in [0.25, 0.3) is 16.0 Å². The molecule has 61 heavy (non-hydrogen) atoms. The summed E-state index contributed by atoms with van der Waals surface area (Å²) in [6.45, 7) is 12.2. The topological polar surface area (TPSA) is 202 Å². The fraction of sp³-hybridized carbons (Fsp3) is 0.239. The van der Waals surface area contributed by atoms with Crippen molar-refractivity contribution in [2.75, 3.05) is 30.0 Å². The second kappa shape index (κ2) is 19.5. The van der Waals surface area contributed by atoms with Crippen molar-refractivity contribution in [2.45, 2.75) is 54.4 Å². The van der Waals surface area contributed by atoms with Crippen LogP contribution in [-0.2, 0) is 10.1 Å². The Morgan fingerprint density at radius 2 is 1.20 bits per heavy atom. The molecule has 0 aliphatic rings. The Morgan fingerprint density at radius 3 is 1.84 bits per heavy atom. The number of hydrogen-bond donors (Lipinski definition) is 3. The molecule has 0 spiro atoms. The summed E-state index contributed by atoms with van der Waals surface area (Å²) >= 11 is 0. The van der Waals surface area contributed by atoms with Crippen molar-refractivity contribution in [3.63, 3.8) is 0 Å². The Hall–Kier alpha value is -6.84. The average Bonchev–Trinajstić information content (AvgIpc) is 3.22. The highest BCUT2D eigenvalue weighted by Crippen LogP contribution is 2.38. The van der Waals surface area contributed by atoms with E-state index in [1.807, 2.05) is 95.3 Å². The maximum Gasteiger partial charge on any atom is 0.264 e. The first-order valence-electron chi connectivity index (χ1n) is 19.7. The molecule has 4 N–H and O–H groups in total. The normalized spacial score (nSPS) is 11.9. The van der Waals surface area contributed by atoms with Crippen molar-refractivity contribution in [1.82, 2.24) is 0 Å². The number of carbonyl (C=O) groups excluding carboxylic acids is 1. The van der Waals surface area contributed by atoms with Gasteiger partial charge in [-0.2, -0.15) is 34.0 Å². The Morgan fingerprint density at radius 1 is 0.639 bits per heavy atom. The highest BCUT2D eigenvalue weighted by atomic mass is 32.2. The van der Waals surface area contributed by atoms with Gasteiger partial charge in [0.05, 0.1) is 47.4 Å². The van der Waals surface area contributed by atoms with E-state index in [0.29, 0.717) is 52.0 Å². The summed E-state index contributed by atoms with van der Waals surface area (Å²) in [5.74, 6) is 0.359. The van der Waals surface area contributed by atoms with Gasteiger partial charge in [-0.1, -0.05) is 19.1 Å². The number of hydrogen-bond acceptors (Lipinski definition) is 12. The minimum absolute atomic E-state index is 0.0239. The lowest BCUT2D eigenvalue weighted by Crippen LogP contribution is -2.11. The molecule has 314 valence electrons. The van der Waals surface area contributed by atoms with E-state index in [2.05, 4.69) is 42.9 Å². The summed E-state index contributed by atoms with van der Waals surface area (Å²) in [4.78, 5) is 13.1. The van der Waals surface area contributed by atoms with Gasteiger partial charge in [-0.05, 0) is 160 Å².